The Kier molecular flexibility index (Phi) is 3.13. The molecule has 0 aliphatic heterocycles. The molecule has 0 heterocycles. The lowest BCUT2D eigenvalue weighted by atomic mass is 9.70. The van der Waals surface area contributed by atoms with Crippen molar-refractivity contribution in [2.24, 2.45) is 5.92 Å². The fourth-order valence-corrected chi connectivity index (χ4v) is 4.50. The molecule has 2 aromatic carbocycles. The van der Waals surface area contributed by atoms with Gasteiger partial charge in [0.25, 0.3) is 0 Å². The Hall–Kier alpha value is -2.08. The van der Waals surface area contributed by atoms with Crippen LogP contribution in [0.3, 0.4) is 0 Å². The van der Waals surface area contributed by atoms with Crippen molar-refractivity contribution in [3.8, 4) is 11.1 Å². The fraction of sp³-hybridized carbons (Fsp3) is 0.304. The Labute approximate surface area is 139 Å². The fourth-order valence-electron chi connectivity index (χ4n) is 4.50. The van der Waals surface area contributed by atoms with Gasteiger partial charge in [0.2, 0.25) is 0 Å². The molecule has 2 aliphatic carbocycles. The molecule has 0 unspecified atom stereocenters. The zero-order valence-electron chi connectivity index (χ0n) is 14.5. The maximum Gasteiger partial charge on any atom is 0.00447 e. The monoisotopic (exact) mass is 300 g/mol. The summed E-state index contributed by atoms with van der Waals surface area (Å²) in [7, 11) is 0. The summed E-state index contributed by atoms with van der Waals surface area (Å²) in [5.74, 6) is 0.484. The standard InChI is InChI=1S/C23H24/c1-15-9-11-19-17(13-15)14-21-20(19)12-10-16(2)22(21)23(3,4)18-7-5-6-8-18/h5-13,18H,14H2,1-4H3. The van der Waals surface area contributed by atoms with E-state index in [0.717, 1.165) is 6.42 Å². The van der Waals surface area contributed by atoms with Gasteiger partial charge in [-0.2, -0.15) is 0 Å². The molecule has 2 aromatic rings. The van der Waals surface area contributed by atoms with Gasteiger partial charge in [-0.15, -0.1) is 0 Å². The Morgan fingerprint density at radius 2 is 1.61 bits per heavy atom. The molecular formula is C23H24. The summed E-state index contributed by atoms with van der Waals surface area (Å²) >= 11 is 0. The second kappa shape index (κ2) is 4.96. The van der Waals surface area contributed by atoms with Gasteiger partial charge in [0.15, 0.2) is 0 Å². The minimum Gasteiger partial charge on any atom is -0.0768 e. The zero-order chi connectivity index (χ0) is 16.2. The molecule has 0 amide bonds. The Bertz CT molecular complexity index is 835. The van der Waals surface area contributed by atoms with Gasteiger partial charge in [0, 0.05) is 5.92 Å². The molecular weight excluding hydrogens is 276 g/mol. The topological polar surface area (TPSA) is 0 Å². The van der Waals surface area contributed by atoms with E-state index in [9.17, 15) is 0 Å². The van der Waals surface area contributed by atoms with E-state index in [4.69, 9.17) is 0 Å². The van der Waals surface area contributed by atoms with Crippen molar-refractivity contribution in [3.63, 3.8) is 0 Å². The van der Waals surface area contributed by atoms with Gasteiger partial charge >= 0.3 is 0 Å². The van der Waals surface area contributed by atoms with Crippen molar-refractivity contribution in [2.75, 3.05) is 0 Å². The smallest absolute Gasteiger partial charge is 0.00447 e. The maximum absolute atomic E-state index is 2.40. The lowest BCUT2D eigenvalue weighted by molar-refractivity contribution is 0.443. The number of allylic oxidation sites excluding steroid dienone is 4. The third-order valence-corrected chi connectivity index (χ3v) is 5.67. The van der Waals surface area contributed by atoms with Gasteiger partial charge in [-0.25, -0.2) is 0 Å². The molecule has 0 bridgehead atoms. The molecule has 0 heteroatoms. The van der Waals surface area contributed by atoms with Gasteiger partial charge in [-0.3, -0.25) is 0 Å². The first kappa shape index (κ1) is 14.5. The molecule has 0 radical (unpaired) electrons. The lowest BCUT2D eigenvalue weighted by Crippen LogP contribution is -2.28. The van der Waals surface area contributed by atoms with E-state index in [1.54, 1.807) is 11.1 Å². The number of hydrogen-bond acceptors (Lipinski definition) is 0. The normalized spacial score (nSPS) is 16.0. The van der Waals surface area contributed by atoms with Gasteiger partial charge in [0.05, 0.1) is 0 Å². The predicted molar refractivity (Wildman–Crippen MR) is 99.0 cm³/mol. The van der Waals surface area contributed by atoms with Crippen LogP contribution < -0.4 is 0 Å². The van der Waals surface area contributed by atoms with Crippen LogP contribution in [0.5, 0.6) is 0 Å². The average molecular weight is 300 g/mol. The molecule has 23 heavy (non-hydrogen) atoms. The molecule has 0 nitrogen and oxygen atoms in total. The lowest BCUT2D eigenvalue weighted by Gasteiger charge is -2.34. The van der Waals surface area contributed by atoms with Gasteiger partial charge < -0.3 is 0 Å². The quantitative estimate of drug-likeness (QED) is 0.553. The minimum atomic E-state index is 0.121. The van der Waals surface area contributed by atoms with Crippen molar-refractivity contribution >= 4 is 0 Å². The van der Waals surface area contributed by atoms with Crippen molar-refractivity contribution < 1.29 is 0 Å². The molecule has 116 valence electrons. The number of fused-ring (bicyclic) bond motifs is 3. The summed E-state index contributed by atoms with van der Waals surface area (Å²) in [4.78, 5) is 0. The molecule has 4 rings (SSSR count). The molecule has 0 aromatic heterocycles. The number of rotatable bonds is 2. The highest BCUT2D eigenvalue weighted by Crippen LogP contribution is 2.46. The highest BCUT2D eigenvalue weighted by Gasteiger charge is 2.35. The molecule has 0 atom stereocenters. The van der Waals surface area contributed by atoms with Crippen LogP contribution in [0.15, 0.2) is 54.6 Å². The average Bonchev–Trinajstić information content (AvgIpc) is 3.13. The predicted octanol–water partition coefficient (Wildman–Crippen LogP) is 5.89. The highest BCUT2D eigenvalue weighted by molar-refractivity contribution is 5.79. The summed E-state index contributed by atoms with van der Waals surface area (Å²) < 4.78 is 0. The van der Waals surface area contributed by atoms with Crippen LogP contribution >= 0.6 is 0 Å². The van der Waals surface area contributed by atoms with Crippen LogP contribution in [0.4, 0.5) is 0 Å². The summed E-state index contributed by atoms with van der Waals surface area (Å²) in [6, 6.07) is 11.5. The molecule has 0 saturated carbocycles. The summed E-state index contributed by atoms with van der Waals surface area (Å²) in [6.07, 6.45) is 10.1. The van der Waals surface area contributed by atoms with Crippen molar-refractivity contribution in [2.45, 2.75) is 39.5 Å². The first-order chi connectivity index (χ1) is 11.0. The van der Waals surface area contributed by atoms with E-state index in [-0.39, 0.29) is 5.41 Å². The number of hydrogen-bond donors (Lipinski definition) is 0. The van der Waals surface area contributed by atoms with E-state index >= 15 is 0 Å². The Morgan fingerprint density at radius 3 is 2.35 bits per heavy atom. The Morgan fingerprint density at radius 1 is 0.913 bits per heavy atom. The van der Waals surface area contributed by atoms with Gasteiger partial charge in [-0.05, 0) is 59.1 Å². The second-order valence-corrected chi connectivity index (χ2v) is 7.64. The third-order valence-electron chi connectivity index (χ3n) is 5.67. The maximum atomic E-state index is 2.40. The van der Waals surface area contributed by atoms with E-state index in [1.165, 1.54) is 27.8 Å². The van der Waals surface area contributed by atoms with Crippen LogP contribution in [0, 0.1) is 19.8 Å². The number of aryl methyl sites for hydroxylation is 2. The number of benzene rings is 2. The Balaban J connectivity index is 1.91. The van der Waals surface area contributed by atoms with Gasteiger partial charge in [-0.1, -0.05) is 74.0 Å². The van der Waals surface area contributed by atoms with E-state index in [1.807, 2.05) is 0 Å². The SMILES string of the molecule is Cc1ccc2c(c1)Cc1c-2ccc(C)c1C(C)(C)C1C=CC=C1. The largest absolute Gasteiger partial charge is 0.0768 e. The zero-order valence-corrected chi connectivity index (χ0v) is 14.5. The van der Waals surface area contributed by atoms with Crippen molar-refractivity contribution in [1.29, 1.82) is 0 Å². The highest BCUT2D eigenvalue weighted by atomic mass is 14.4. The first-order valence-electron chi connectivity index (χ1n) is 8.56. The van der Waals surface area contributed by atoms with Crippen molar-refractivity contribution in [1.82, 2.24) is 0 Å². The van der Waals surface area contributed by atoms with Crippen LogP contribution in [0.1, 0.15) is 41.7 Å². The van der Waals surface area contributed by atoms with Crippen LogP contribution in [0.2, 0.25) is 0 Å². The summed E-state index contributed by atoms with van der Waals surface area (Å²) in [5, 5.41) is 0. The van der Waals surface area contributed by atoms with Crippen LogP contribution in [-0.4, -0.2) is 0 Å². The van der Waals surface area contributed by atoms with Crippen LogP contribution in [0.25, 0.3) is 11.1 Å². The van der Waals surface area contributed by atoms with E-state index < -0.39 is 0 Å². The second-order valence-electron chi connectivity index (χ2n) is 7.64. The van der Waals surface area contributed by atoms with Crippen molar-refractivity contribution in [3.05, 3.63) is 82.5 Å². The molecule has 0 fully saturated rings. The summed E-state index contributed by atoms with van der Waals surface area (Å²) in [6.45, 7) is 9.25. The molecule has 2 aliphatic rings. The minimum absolute atomic E-state index is 0.121. The van der Waals surface area contributed by atoms with E-state index in [2.05, 4.69) is 82.3 Å². The third kappa shape index (κ3) is 2.12. The first-order valence-corrected chi connectivity index (χ1v) is 8.56. The molecule has 0 saturated heterocycles. The molecule has 0 spiro atoms. The van der Waals surface area contributed by atoms with Crippen LogP contribution in [-0.2, 0) is 11.8 Å². The molecule has 0 N–H and O–H groups in total. The van der Waals surface area contributed by atoms with E-state index in [0.29, 0.717) is 5.92 Å². The summed E-state index contributed by atoms with van der Waals surface area (Å²) in [5.41, 5.74) is 10.4. The van der Waals surface area contributed by atoms with Gasteiger partial charge in [0.1, 0.15) is 0 Å².